The number of carbonyl (C=O) groups is 1. The number of nitrogens with one attached hydrogen (secondary N) is 2. The third-order valence-electron chi connectivity index (χ3n) is 1.85. The summed E-state index contributed by atoms with van der Waals surface area (Å²) in [6, 6.07) is 4.46. The summed E-state index contributed by atoms with van der Waals surface area (Å²) < 4.78 is 24.5. The van der Waals surface area contributed by atoms with Crippen LogP contribution < -0.4 is 10.0 Å². The van der Waals surface area contributed by atoms with Crippen molar-refractivity contribution in [3.63, 3.8) is 0 Å². The maximum Gasteiger partial charge on any atom is 0.248 e. The molecule has 98 valence electrons. The van der Waals surface area contributed by atoms with Crippen LogP contribution in [0.1, 0.15) is 6.92 Å². The molecule has 1 rings (SSSR count). The van der Waals surface area contributed by atoms with Crippen LogP contribution in [-0.4, -0.2) is 20.6 Å². The SMILES string of the molecule is CC=CC(=O)Nc1cc(NS(C)(=O)=O)ccc1Cl. The number of benzene rings is 1. The van der Waals surface area contributed by atoms with E-state index in [0.29, 0.717) is 16.4 Å². The summed E-state index contributed by atoms with van der Waals surface area (Å²) in [6.45, 7) is 1.71. The Morgan fingerprint density at radius 3 is 2.61 bits per heavy atom. The van der Waals surface area contributed by atoms with Gasteiger partial charge in [0.2, 0.25) is 15.9 Å². The molecule has 2 N–H and O–H groups in total. The first kappa shape index (κ1) is 14.5. The zero-order chi connectivity index (χ0) is 13.8. The molecule has 5 nitrogen and oxygen atoms in total. The van der Waals surface area contributed by atoms with E-state index in [1.807, 2.05) is 0 Å². The summed E-state index contributed by atoms with van der Waals surface area (Å²) in [5.74, 6) is -0.337. The number of sulfonamides is 1. The second kappa shape index (κ2) is 5.88. The van der Waals surface area contributed by atoms with Crippen LogP contribution in [0.25, 0.3) is 0 Å². The van der Waals surface area contributed by atoms with Crippen LogP contribution >= 0.6 is 11.6 Å². The molecular formula is C11H13ClN2O3S. The maximum atomic E-state index is 11.4. The van der Waals surface area contributed by atoms with E-state index in [2.05, 4.69) is 10.0 Å². The standard InChI is InChI=1S/C11H13ClN2O3S/c1-3-4-11(15)13-10-7-8(5-6-9(10)12)14-18(2,16)17/h3-7,14H,1-2H3,(H,13,15). The Morgan fingerprint density at radius 1 is 1.39 bits per heavy atom. The lowest BCUT2D eigenvalue weighted by Crippen LogP contribution is -2.11. The number of halogens is 1. The zero-order valence-corrected chi connectivity index (χ0v) is 11.5. The minimum Gasteiger partial charge on any atom is -0.321 e. The Hall–Kier alpha value is -1.53. The van der Waals surface area contributed by atoms with Crippen molar-refractivity contribution < 1.29 is 13.2 Å². The summed E-state index contributed by atoms with van der Waals surface area (Å²) in [5, 5.41) is 2.87. The van der Waals surface area contributed by atoms with Gasteiger partial charge in [0.25, 0.3) is 0 Å². The quantitative estimate of drug-likeness (QED) is 0.834. The van der Waals surface area contributed by atoms with Gasteiger partial charge in [-0.05, 0) is 31.2 Å². The van der Waals surface area contributed by atoms with Crippen molar-refractivity contribution in [3.05, 3.63) is 35.4 Å². The van der Waals surface area contributed by atoms with E-state index < -0.39 is 10.0 Å². The average Bonchev–Trinajstić information content (AvgIpc) is 2.21. The lowest BCUT2D eigenvalue weighted by Gasteiger charge is -2.09. The van der Waals surface area contributed by atoms with E-state index in [0.717, 1.165) is 6.26 Å². The van der Waals surface area contributed by atoms with Crippen molar-refractivity contribution in [2.24, 2.45) is 0 Å². The summed E-state index contributed by atoms with van der Waals surface area (Å²) in [6.07, 6.45) is 3.97. The number of hydrogen-bond acceptors (Lipinski definition) is 3. The predicted molar refractivity (Wildman–Crippen MR) is 73.4 cm³/mol. The second-order valence-corrected chi connectivity index (χ2v) is 5.71. The van der Waals surface area contributed by atoms with E-state index >= 15 is 0 Å². The number of anilines is 2. The highest BCUT2D eigenvalue weighted by Gasteiger charge is 2.07. The van der Waals surface area contributed by atoms with Gasteiger partial charge in [0.15, 0.2) is 0 Å². The molecule has 0 radical (unpaired) electrons. The van der Waals surface area contributed by atoms with Crippen molar-refractivity contribution in [1.29, 1.82) is 0 Å². The van der Waals surface area contributed by atoms with Gasteiger partial charge in [0.1, 0.15) is 0 Å². The Morgan fingerprint density at radius 2 is 2.06 bits per heavy atom. The highest BCUT2D eigenvalue weighted by atomic mass is 35.5. The van der Waals surface area contributed by atoms with Crippen LogP contribution in [0, 0.1) is 0 Å². The molecule has 0 heterocycles. The molecule has 0 saturated carbocycles. The summed E-state index contributed by atoms with van der Waals surface area (Å²) in [5.41, 5.74) is 0.672. The summed E-state index contributed by atoms with van der Waals surface area (Å²) in [7, 11) is -3.37. The van der Waals surface area contributed by atoms with Crippen LogP contribution in [0.2, 0.25) is 5.02 Å². The number of rotatable bonds is 4. The molecule has 0 aliphatic rings. The fourth-order valence-electron chi connectivity index (χ4n) is 1.22. The van der Waals surface area contributed by atoms with Crippen LogP contribution in [0.3, 0.4) is 0 Å². The molecule has 1 amide bonds. The van der Waals surface area contributed by atoms with Gasteiger partial charge >= 0.3 is 0 Å². The average molecular weight is 289 g/mol. The Balaban J connectivity index is 2.98. The molecule has 0 saturated heterocycles. The molecule has 0 spiro atoms. The lowest BCUT2D eigenvalue weighted by atomic mass is 10.3. The van der Waals surface area contributed by atoms with Gasteiger partial charge in [-0.15, -0.1) is 0 Å². The van der Waals surface area contributed by atoms with Gasteiger partial charge in [-0.3, -0.25) is 9.52 Å². The molecule has 1 aromatic rings. The van der Waals surface area contributed by atoms with E-state index in [4.69, 9.17) is 11.6 Å². The number of amides is 1. The third-order valence-corrected chi connectivity index (χ3v) is 2.78. The molecule has 0 aliphatic carbocycles. The summed E-state index contributed by atoms with van der Waals surface area (Å²) in [4.78, 5) is 11.4. The maximum absolute atomic E-state index is 11.4. The van der Waals surface area contributed by atoms with Gasteiger partial charge in [-0.1, -0.05) is 17.7 Å². The molecule has 7 heteroatoms. The van der Waals surface area contributed by atoms with E-state index in [1.54, 1.807) is 13.0 Å². The van der Waals surface area contributed by atoms with Crippen LogP contribution in [-0.2, 0) is 14.8 Å². The Bertz CT molecular complexity index is 582. The Labute approximate surface area is 111 Å². The zero-order valence-electron chi connectivity index (χ0n) is 9.90. The summed E-state index contributed by atoms with van der Waals surface area (Å²) >= 11 is 5.90. The lowest BCUT2D eigenvalue weighted by molar-refractivity contribution is -0.111. The third kappa shape index (κ3) is 4.77. The predicted octanol–water partition coefficient (Wildman–Crippen LogP) is 2.23. The van der Waals surface area contributed by atoms with Gasteiger partial charge < -0.3 is 5.32 Å². The van der Waals surface area contributed by atoms with Gasteiger partial charge in [-0.2, -0.15) is 0 Å². The highest BCUT2D eigenvalue weighted by Crippen LogP contribution is 2.25. The van der Waals surface area contributed by atoms with Gasteiger partial charge in [0, 0.05) is 0 Å². The monoisotopic (exact) mass is 288 g/mol. The first-order valence-corrected chi connectivity index (χ1v) is 7.30. The second-order valence-electron chi connectivity index (χ2n) is 3.56. The normalized spacial score (nSPS) is 11.5. The first-order valence-electron chi connectivity index (χ1n) is 5.03. The molecule has 0 atom stereocenters. The van der Waals surface area contributed by atoms with Gasteiger partial charge in [-0.25, -0.2) is 8.42 Å². The minimum atomic E-state index is -3.37. The highest BCUT2D eigenvalue weighted by molar-refractivity contribution is 7.92. The first-order chi connectivity index (χ1) is 8.31. The van der Waals surface area contributed by atoms with Crippen molar-refractivity contribution in [2.75, 3.05) is 16.3 Å². The number of carbonyl (C=O) groups excluding carboxylic acids is 1. The molecular weight excluding hydrogens is 276 g/mol. The number of allylic oxidation sites excluding steroid dienone is 1. The molecule has 0 aliphatic heterocycles. The largest absolute Gasteiger partial charge is 0.321 e. The Kier molecular flexibility index (Phi) is 4.75. The van der Waals surface area contributed by atoms with E-state index in [1.165, 1.54) is 24.3 Å². The van der Waals surface area contributed by atoms with E-state index in [9.17, 15) is 13.2 Å². The van der Waals surface area contributed by atoms with Crippen molar-refractivity contribution in [3.8, 4) is 0 Å². The fourth-order valence-corrected chi connectivity index (χ4v) is 1.94. The molecule has 18 heavy (non-hydrogen) atoms. The number of hydrogen-bond donors (Lipinski definition) is 2. The van der Waals surface area contributed by atoms with Crippen molar-refractivity contribution in [2.45, 2.75) is 6.92 Å². The van der Waals surface area contributed by atoms with E-state index in [-0.39, 0.29) is 5.91 Å². The van der Waals surface area contributed by atoms with Crippen molar-refractivity contribution in [1.82, 2.24) is 0 Å². The van der Waals surface area contributed by atoms with Crippen molar-refractivity contribution >= 4 is 38.9 Å². The van der Waals surface area contributed by atoms with Crippen LogP contribution in [0.5, 0.6) is 0 Å². The molecule has 0 bridgehead atoms. The molecule has 0 fully saturated rings. The molecule has 0 aromatic heterocycles. The van der Waals surface area contributed by atoms with Crippen LogP contribution in [0.4, 0.5) is 11.4 Å². The fraction of sp³-hybridized carbons (Fsp3) is 0.182. The van der Waals surface area contributed by atoms with Crippen LogP contribution in [0.15, 0.2) is 30.4 Å². The minimum absolute atomic E-state index is 0.326. The smallest absolute Gasteiger partial charge is 0.248 e. The molecule has 0 unspecified atom stereocenters. The van der Waals surface area contributed by atoms with Gasteiger partial charge in [0.05, 0.1) is 22.7 Å². The topological polar surface area (TPSA) is 75.3 Å². The molecule has 1 aromatic carbocycles.